The first kappa shape index (κ1) is 21.9. The fraction of sp³-hybridized carbons (Fsp3) is 0.160. The fourth-order valence-electron chi connectivity index (χ4n) is 3.46. The average molecular weight is 464 g/mol. The predicted octanol–water partition coefficient (Wildman–Crippen LogP) is 4.65. The maximum Gasteiger partial charge on any atom is 0.307 e. The summed E-state index contributed by atoms with van der Waals surface area (Å²) >= 11 is 1.07. The normalized spacial score (nSPS) is 12.3. The van der Waals surface area contributed by atoms with Gasteiger partial charge < -0.3 is 10.1 Å². The number of sulfone groups is 1. The molecule has 4 aromatic rings. The summed E-state index contributed by atoms with van der Waals surface area (Å²) in [5.74, 6) is 3.37. The summed E-state index contributed by atoms with van der Waals surface area (Å²) in [6.45, 7) is 2.00. The Kier molecular flexibility index (Phi) is 6.17. The van der Waals surface area contributed by atoms with Gasteiger partial charge in [0.1, 0.15) is 4.21 Å². The number of thiophene rings is 1. The van der Waals surface area contributed by atoms with Gasteiger partial charge in [-0.05, 0) is 49.2 Å². The van der Waals surface area contributed by atoms with Crippen LogP contribution in [0.1, 0.15) is 21.6 Å². The number of carbonyl (C=O) groups is 1. The van der Waals surface area contributed by atoms with Crippen LogP contribution < -0.4 is 0 Å². The molecule has 2 aromatic heterocycles. The summed E-state index contributed by atoms with van der Waals surface area (Å²) in [6, 6.07) is 18.5. The molecule has 0 unspecified atom stereocenters. The average Bonchev–Trinajstić information content (AvgIpc) is 3.41. The topological polar surface area (TPSA) is 87.2 Å². The first-order valence-electron chi connectivity index (χ1n) is 10.0. The summed E-state index contributed by atoms with van der Waals surface area (Å²) in [7, 11) is -3.77. The molecule has 0 saturated carbocycles. The lowest BCUT2D eigenvalue weighted by molar-refractivity contribution is -0.140. The molecule has 162 valence electrons. The van der Waals surface area contributed by atoms with Gasteiger partial charge >= 0.3 is 5.97 Å². The van der Waals surface area contributed by atoms with Crippen LogP contribution in [0.4, 0.5) is 0 Å². The van der Waals surface area contributed by atoms with E-state index in [0.717, 1.165) is 38.9 Å². The van der Waals surface area contributed by atoms with Gasteiger partial charge in [-0.2, -0.15) is 0 Å². The van der Waals surface area contributed by atoms with Crippen molar-refractivity contribution in [2.75, 3.05) is 5.75 Å². The number of hydrogen-bond donors (Lipinski definition) is 2. The van der Waals surface area contributed by atoms with E-state index in [1.54, 1.807) is 12.3 Å². The SMILES string of the molecule is Cc1ccc(C#Cc2ccc(S(=O)(=O)C[C@H](Cc3c[nH]c4ccccc34)C(=O)O)s2)cc1. The molecule has 2 N–H and O–H groups in total. The summed E-state index contributed by atoms with van der Waals surface area (Å²) in [5.41, 5.74) is 3.67. The van der Waals surface area contributed by atoms with Crippen LogP contribution in [0.2, 0.25) is 0 Å². The number of hydrogen-bond acceptors (Lipinski definition) is 4. The molecule has 32 heavy (non-hydrogen) atoms. The van der Waals surface area contributed by atoms with Crippen LogP contribution in [0.5, 0.6) is 0 Å². The van der Waals surface area contributed by atoms with Crippen molar-refractivity contribution in [3.05, 3.63) is 88.4 Å². The van der Waals surface area contributed by atoms with E-state index < -0.39 is 27.5 Å². The van der Waals surface area contributed by atoms with Gasteiger partial charge in [-0.1, -0.05) is 47.7 Å². The lowest BCUT2D eigenvalue weighted by atomic mass is 10.0. The number of carboxylic acids is 1. The molecule has 4 rings (SSSR count). The molecular formula is C25H21NO4S2. The molecule has 5 nitrogen and oxygen atoms in total. The third-order valence-corrected chi connectivity index (χ3v) is 8.58. The zero-order chi connectivity index (χ0) is 22.7. The summed E-state index contributed by atoms with van der Waals surface area (Å²) < 4.78 is 26.0. The van der Waals surface area contributed by atoms with Crippen molar-refractivity contribution in [1.29, 1.82) is 0 Å². The lowest BCUT2D eigenvalue weighted by Gasteiger charge is -2.11. The molecule has 0 radical (unpaired) electrons. The molecule has 0 spiro atoms. The highest BCUT2D eigenvalue weighted by Crippen LogP contribution is 2.26. The number of aromatic amines is 1. The monoisotopic (exact) mass is 463 g/mol. The molecular weight excluding hydrogens is 442 g/mol. The first-order chi connectivity index (χ1) is 15.3. The Morgan fingerprint density at radius 2 is 1.81 bits per heavy atom. The van der Waals surface area contributed by atoms with Crippen molar-refractivity contribution in [3.8, 4) is 11.8 Å². The highest BCUT2D eigenvalue weighted by atomic mass is 32.2. The second-order valence-corrected chi connectivity index (χ2v) is 11.0. The standard InChI is InChI=1S/C25H21NO4S2/c1-17-6-8-18(9-7-17)10-11-21-12-13-24(31-21)32(29,30)16-20(25(27)28)14-19-15-26-23-5-3-2-4-22(19)23/h2-9,12-13,15,20,26H,14,16H2,1H3,(H,27,28)/t20-/m0/s1. The van der Waals surface area contributed by atoms with Crippen LogP contribution in [0.3, 0.4) is 0 Å². The molecule has 0 aliphatic heterocycles. The Morgan fingerprint density at radius 3 is 2.56 bits per heavy atom. The van der Waals surface area contributed by atoms with E-state index in [-0.39, 0.29) is 10.6 Å². The maximum atomic E-state index is 13.0. The first-order valence-corrected chi connectivity index (χ1v) is 12.5. The van der Waals surface area contributed by atoms with Crippen LogP contribution >= 0.6 is 11.3 Å². The van der Waals surface area contributed by atoms with E-state index in [9.17, 15) is 18.3 Å². The van der Waals surface area contributed by atoms with Crippen molar-refractivity contribution in [2.24, 2.45) is 5.92 Å². The number of fused-ring (bicyclic) bond motifs is 1. The third-order valence-electron chi connectivity index (χ3n) is 5.18. The lowest BCUT2D eigenvalue weighted by Crippen LogP contribution is -2.25. The molecule has 0 aliphatic carbocycles. The Balaban J connectivity index is 1.52. The van der Waals surface area contributed by atoms with Crippen LogP contribution in [0.15, 0.2) is 71.1 Å². The van der Waals surface area contributed by atoms with E-state index in [0.29, 0.717) is 4.88 Å². The molecule has 0 amide bonds. The van der Waals surface area contributed by atoms with Crippen molar-refractivity contribution >= 4 is 38.0 Å². The molecule has 0 bridgehead atoms. The Labute approximate surface area is 190 Å². The molecule has 2 aromatic carbocycles. The van der Waals surface area contributed by atoms with Gasteiger partial charge in [0.25, 0.3) is 0 Å². The van der Waals surface area contributed by atoms with E-state index in [1.807, 2.05) is 55.5 Å². The molecule has 2 heterocycles. The highest BCUT2D eigenvalue weighted by molar-refractivity contribution is 7.93. The van der Waals surface area contributed by atoms with Gasteiger partial charge in [-0.25, -0.2) is 8.42 Å². The molecule has 1 atom stereocenters. The van der Waals surface area contributed by atoms with Gasteiger partial charge in [0.15, 0.2) is 9.84 Å². The van der Waals surface area contributed by atoms with Crippen LogP contribution in [0, 0.1) is 24.7 Å². The Bertz CT molecular complexity index is 1430. The number of H-pyrrole nitrogens is 1. The number of aryl methyl sites for hydroxylation is 1. The fourth-order valence-corrected chi connectivity index (χ4v) is 6.26. The van der Waals surface area contributed by atoms with Crippen LogP contribution in [-0.4, -0.2) is 30.2 Å². The van der Waals surface area contributed by atoms with Crippen molar-refractivity contribution in [1.82, 2.24) is 4.98 Å². The number of benzene rings is 2. The summed E-state index contributed by atoms with van der Waals surface area (Å²) in [5, 5.41) is 10.6. The third kappa shape index (κ3) is 4.93. The van der Waals surface area contributed by atoms with Crippen molar-refractivity contribution in [3.63, 3.8) is 0 Å². The molecule has 0 saturated heterocycles. The predicted molar refractivity (Wildman–Crippen MR) is 127 cm³/mol. The van der Waals surface area contributed by atoms with E-state index in [1.165, 1.54) is 6.07 Å². The van der Waals surface area contributed by atoms with Gasteiger partial charge in [0.05, 0.1) is 16.5 Å². The van der Waals surface area contributed by atoms with Gasteiger partial charge in [-0.3, -0.25) is 4.79 Å². The largest absolute Gasteiger partial charge is 0.481 e. The van der Waals surface area contributed by atoms with E-state index >= 15 is 0 Å². The van der Waals surface area contributed by atoms with E-state index in [4.69, 9.17) is 0 Å². The Hall–Kier alpha value is -3.34. The van der Waals surface area contributed by atoms with E-state index in [2.05, 4.69) is 16.8 Å². The minimum absolute atomic E-state index is 0.129. The summed E-state index contributed by atoms with van der Waals surface area (Å²) in [4.78, 5) is 15.6. The van der Waals surface area contributed by atoms with Gasteiger partial charge in [0.2, 0.25) is 0 Å². The number of para-hydroxylation sites is 1. The smallest absolute Gasteiger partial charge is 0.307 e. The van der Waals surface area contributed by atoms with Crippen molar-refractivity contribution in [2.45, 2.75) is 17.6 Å². The minimum atomic E-state index is -3.77. The second-order valence-electron chi connectivity index (χ2n) is 7.61. The highest BCUT2D eigenvalue weighted by Gasteiger charge is 2.28. The Morgan fingerprint density at radius 1 is 1.06 bits per heavy atom. The minimum Gasteiger partial charge on any atom is -0.481 e. The number of aromatic nitrogens is 1. The zero-order valence-corrected chi connectivity index (χ0v) is 19.0. The number of nitrogens with one attached hydrogen (secondary N) is 1. The van der Waals surface area contributed by atoms with Gasteiger partial charge in [0, 0.05) is 22.7 Å². The van der Waals surface area contributed by atoms with Crippen LogP contribution in [-0.2, 0) is 21.1 Å². The maximum absolute atomic E-state index is 13.0. The van der Waals surface area contributed by atoms with Crippen molar-refractivity contribution < 1.29 is 18.3 Å². The van der Waals surface area contributed by atoms with Crippen LogP contribution in [0.25, 0.3) is 10.9 Å². The quantitative estimate of drug-likeness (QED) is 0.407. The number of rotatable bonds is 6. The second kappa shape index (κ2) is 9.03. The molecule has 0 aliphatic rings. The summed E-state index contributed by atoms with van der Waals surface area (Å²) in [6.07, 6.45) is 1.88. The molecule has 0 fully saturated rings. The number of carboxylic acid groups (broad SMARTS) is 1. The zero-order valence-electron chi connectivity index (χ0n) is 17.3. The molecule has 7 heteroatoms. The van der Waals surface area contributed by atoms with Gasteiger partial charge in [-0.15, -0.1) is 11.3 Å². The number of aliphatic carboxylic acids is 1.